The molecule has 3 atom stereocenters. The Morgan fingerprint density at radius 2 is 2.15 bits per heavy atom. The molecule has 0 radical (unpaired) electrons. The van der Waals surface area contributed by atoms with E-state index in [1.54, 1.807) is 4.90 Å². The van der Waals surface area contributed by atoms with E-state index in [0.29, 0.717) is 18.9 Å². The van der Waals surface area contributed by atoms with Crippen molar-refractivity contribution >= 4 is 11.8 Å². The lowest BCUT2D eigenvalue weighted by Gasteiger charge is -2.42. The van der Waals surface area contributed by atoms with Gasteiger partial charge in [0.05, 0.1) is 12.1 Å². The summed E-state index contributed by atoms with van der Waals surface area (Å²) in [6.45, 7) is 5.31. The van der Waals surface area contributed by atoms with Gasteiger partial charge in [-0.1, -0.05) is 6.92 Å². The molecule has 112 valence electrons. The summed E-state index contributed by atoms with van der Waals surface area (Å²) in [5, 5.41) is 2.93. The zero-order valence-electron chi connectivity index (χ0n) is 12.4. The highest BCUT2D eigenvalue weighted by Crippen LogP contribution is 2.36. The number of ether oxygens (including phenoxy) is 1. The predicted molar refractivity (Wildman–Crippen MR) is 74.0 cm³/mol. The van der Waals surface area contributed by atoms with Crippen molar-refractivity contribution < 1.29 is 14.3 Å². The fourth-order valence-corrected chi connectivity index (χ4v) is 3.45. The summed E-state index contributed by atoms with van der Waals surface area (Å²) in [4.78, 5) is 26.7. The molecule has 0 aromatic carbocycles. The Morgan fingerprint density at radius 3 is 2.70 bits per heavy atom. The Hall–Kier alpha value is -1.10. The quantitative estimate of drug-likeness (QED) is 0.838. The summed E-state index contributed by atoms with van der Waals surface area (Å²) < 4.78 is 5.81. The van der Waals surface area contributed by atoms with E-state index in [1.807, 2.05) is 6.92 Å². The fraction of sp³-hybridized carbons (Fsp3) is 0.867. The molecule has 2 amide bonds. The Balaban J connectivity index is 1.79. The first-order valence-electron chi connectivity index (χ1n) is 7.79. The van der Waals surface area contributed by atoms with Crippen LogP contribution in [0.1, 0.15) is 46.0 Å². The molecule has 0 aromatic rings. The van der Waals surface area contributed by atoms with Gasteiger partial charge in [-0.2, -0.15) is 0 Å². The summed E-state index contributed by atoms with van der Waals surface area (Å²) >= 11 is 0. The summed E-state index contributed by atoms with van der Waals surface area (Å²) in [5.41, 5.74) is -0.283. The number of nitrogens with one attached hydrogen (secondary N) is 1. The van der Waals surface area contributed by atoms with Gasteiger partial charge in [0.25, 0.3) is 0 Å². The van der Waals surface area contributed by atoms with Crippen molar-refractivity contribution in [2.45, 2.75) is 63.6 Å². The van der Waals surface area contributed by atoms with Crippen molar-refractivity contribution in [3.63, 3.8) is 0 Å². The average molecular weight is 280 g/mol. The minimum atomic E-state index is -0.335. The van der Waals surface area contributed by atoms with Gasteiger partial charge in [0.2, 0.25) is 11.8 Å². The third kappa shape index (κ3) is 2.43. The second-order valence-electron chi connectivity index (χ2n) is 6.62. The van der Waals surface area contributed by atoms with E-state index in [1.165, 1.54) is 0 Å². The van der Waals surface area contributed by atoms with Gasteiger partial charge in [0.15, 0.2) is 0 Å². The normalized spacial score (nSPS) is 38.2. The number of carbonyl (C=O) groups excluding carboxylic acids is 2. The van der Waals surface area contributed by atoms with E-state index in [9.17, 15) is 9.59 Å². The SMILES string of the molecule is CCC1C(=O)NC(C2CC2)C(=O)N1CC1(C)CCCO1. The number of carbonyl (C=O) groups is 2. The maximum atomic E-state index is 12.7. The van der Waals surface area contributed by atoms with E-state index in [-0.39, 0.29) is 29.5 Å². The predicted octanol–water partition coefficient (Wildman–Crippen LogP) is 1.07. The minimum absolute atomic E-state index is 0.00518. The molecule has 2 saturated heterocycles. The third-order valence-corrected chi connectivity index (χ3v) is 4.81. The first-order valence-corrected chi connectivity index (χ1v) is 7.79. The lowest BCUT2D eigenvalue weighted by atomic mass is 9.96. The van der Waals surface area contributed by atoms with E-state index in [4.69, 9.17) is 4.74 Å². The van der Waals surface area contributed by atoms with Gasteiger partial charge in [-0.05, 0) is 44.9 Å². The highest BCUT2D eigenvalue weighted by molar-refractivity contribution is 5.97. The van der Waals surface area contributed by atoms with E-state index < -0.39 is 0 Å². The van der Waals surface area contributed by atoms with Crippen LogP contribution in [0.5, 0.6) is 0 Å². The Labute approximate surface area is 120 Å². The molecular formula is C15H24N2O3. The molecule has 0 spiro atoms. The third-order valence-electron chi connectivity index (χ3n) is 4.81. The smallest absolute Gasteiger partial charge is 0.246 e. The maximum Gasteiger partial charge on any atom is 0.246 e. The standard InChI is InChI=1S/C15H24N2O3/c1-3-11-13(18)16-12(10-5-6-10)14(19)17(11)9-15(2)7-4-8-20-15/h10-12H,3-9H2,1-2H3,(H,16,18). The molecule has 3 unspecified atom stereocenters. The number of hydrogen-bond acceptors (Lipinski definition) is 3. The Kier molecular flexibility index (Phi) is 3.48. The molecule has 1 aliphatic carbocycles. The molecule has 0 bridgehead atoms. The fourth-order valence-electron chi connectivity index (χ4n) is 3.45. The van der Waals surface area contributed by atoms with Crippen LogP contribution in [-0.4, -0.2) is 47.6 Å². The number of nitrogens with zero attached hydrogens (tertiary/aromatic N) is 1. The van der Waals surface area contributed by atoms with Crippen LogP contribution in [0.25, 0.3) is 0 Å². The van der Waals surface area contributed by atoms with Gasteiger partial charge in [-0.3, -0.25) is 9.59 Å². The average Bonchev–Trinajstić information content (AvgIpc) is 3.17. The topological polar surface area (TPSA) is 58.6 Å². The molecule has 3 aliphatic rings. The molecule has 5 heteroatoms. The highest BCUT2D eigenvalue weighted by atomic mass is 16.5. The van der Waals surface area contributed by atoms with Crippen LogP contribution in [0.15, 0.2) is 0 Å². The van der Waals surface area contributed by atoms with Gasteiger partial charge in [0.1, 0.15) is 12.1 Å². The lowest BCUT2D eigenvalue weighted by molar-refractivity contribution is -0.154. The largest absolute Gasteiger partial charge is 0.373 e. The molecule has 2 heterocycles. The summed E-state index contributed by atoms with van der Waals surface area (Å²) in [7, 11) is 0. The van der Waals surface area contributed by atoms with Crippen molar-refractivity contribution in [3.8, 4) is 0 Å². The maximum absolute atomic E-state index is 12.7. The lowest BCUT2D eigenvalue weighted by Crippen LogP contribution is -2.65. The second-order valence-corrected chi connectivity index (χ2v) is 6.62. The van der Waals surface area contributed by atoms with Crippen LogP contribution in [0.2, 0.25) is 0 Å². The van der Waals surface area contributed by atoms with Gasteiger partial charge in [0, 0.05) is 6.61 Å². The summed E-state index contributed by atoms with van der Waals surface area (Å²) in [5.74, 6) is 0.449. The first kappa shape index (κ1) is 13.9. The van der Waals surface area contributed by atoms with Gasteiger partial charge >= 0.3 is 0 Å². The highest BCUT2D eigenvalue weighted by Gasteiger charge is 2.48. The molecule has 2 aliphatic heterocycles. The minimum Gasteiger partial charge on any atom is -0.373 e. The van der Waals surface area contributed by atoms with Crippen LogP contribution >= 0.6 is 0 Å². The van der Waals surface area contributed by atoms with Crippen LogP contribution < -0.4 is 5.32 Å². The van der Waals surface area contributed by atoms with Crippen LogP contribution in [0.4, 0.5) is 0 Å². The molecule has 20 heavy (non-hydrogen) atoms. The number of amides is 2. The molecular weight excluding hydrogens is 256 g/mol. The van der Waals surface area contributed by atoms with Crippen LogP contribution in [-0.2, 0) is 14.3 Å². The molecule has 1 saturated carbocycles. The number of rotatable bonds is 4. The molecule has 3 rings (SSSR count). The molecule has 5 nitrogen and oxygen atoms in total. The second kappa shape index (κ2) is 5.02. The summed E-state index contributed by atoms with van der Waals surface area (Å²) in [6.07, 6.45) is 4.76. The van der Waals surface area contributed by atoms with Crippen molar-refractivity contribution in [1.29, 1.82) is 0 Å². The Morgan fingerprint density at radius 1 is 1.40 bits per heavy atom. The van der Waals surface area contributed by atoms with E-state index in [0.717, 1.165) is 32.3 Å². The summed E-state index contributed by atoms with van der Waals surface area (Å²) in [6, 6.07) is -0.631. The van der Waals surface area contributed by atoms with Gasteiger partial charge < -0.3 is 15.0 Å². The first-order chi connectivity index (χ1) is 9.54. The monoisotopic (exact) mass is 280 g/mol. The van der Waals surface area contributed by atoms with E-state index >= 15 is 0 Å². The molecule has 3 fully saturated rings. The number of piperazine rings is 1. The van der Waals surface area contributed by atoms with Crippen molar-refractivity contribution in [1.82, 2.24) is 10.2 Å². The zero-order chi connectivity index (χ0) is 14.3. The van der Waals surface area contributed by atoms with E-state index in [2.05, 4.69) is 12.2 Å². The number of hydrogen-bond donors (Lipinski definition) is 1. The van der Waals surface area contributed by atoms with Crippen molar-refractivity contribution in [3.05, 3.63) is 0 Å². The Bertz CT molecular complexity index is 413. The van der Waals surface area contributed by atoms with Crippen LogP contribution in [0, 0.1) is 5.92 Å². The van der Waals surface area contributed by atoms with Gasteiger partial charge in [-0.15, -0.1) is 0 Å². The zero-order valence-corrected chi connectivity index (χ0v) is 12.4. The van der Waals surface area contributed by atoms with Crippen molar-refractivity contribution in [2.75, 3.05) is 13.2 Å². The van der Waals surface area contributed by atoms with Crippen molar-refractivity contribution in [2.24, 2.45) is 5.92 Å². The van der Waals surface area contributed by atoms with Gasteiger partial charge in [-0.25, -0.2) is 0 Å². The molecule has 0 aromatic heterocycles. The molecule has 1 N–H and O–H groups in total. The van der Waals surface area contributed by atoms with Crippen LogP contribution in [0.3, 0.4) is 0 Å².